The van der Waals surface area contributed by atoms with E-state index in [1.807, 2.05) is 0 Å². The fraction of sp³-hybridized carbons (Fsp3) is 0.550. The maximum atomic E-state index is 13.3. The van der Waals surface area contributed by atoms with Crippen LogP contribution in [0.1, 0.15) is 63.8 Å². The molecule has 0 fully saturated rings. The van der Waals surface area contributed by atoms with Gasteiger partial charge in [0.2, 0.25) is 0 Å². The molecule has 112 valence electrons. The third-order valence-corrected chi connectivity index (χ3v) is 7.05. The molecular weight excluding hydrogens is 256 g/mol. The average molecular weight is 282 g/mol. The number of carbonyl (C=O) groups is 1. The van der Waals surface area contributed by atoms with Gasteiger partial charge in [-0.05, 0) is 56.9 Å². The molecule has 4 rings (SSSR count). The quantitative estimate of drug-likeness (QED) is 0.626. The van der Waals surface area contributed by atoms with Gasteiger partial charge >= 0.3 is 0 Å². The van der Waals surface area contributed by atoms with E-state index < -0.39 is 5.41 Å². The second-order valence-electron chi connectivity index (χ2n) is 7.94. The van der Waals surface area contributed by atoms with E-state index >= 15 is 0 Å². The Balaban J connectivity index is 2.54. The van der Waals surface area contributed by atoms with Gasteiger partial charge in [0.1, 0.15) is 0 Å². The van der Waals surface area contributed by atoms with Crippen molar-refractivity contribution in [2.75, 3.05) is 0 Å². The van der Waals surface area contributed by atoms with E-state index in [0.717, 1.165) is 0 Å². The van der Waals surface area contributed by atoms with Crippen LogP contribution in [-0.4, -0.2) is 5.78 Å². The molecule has 0 N–H and O–H groups in total. The fourth-order valence-corrected chi connectivity index (χ4v) is 4.75. The minimum Gasteiger partial charge on any atom is -0.298 e. The Kier molecular flexibility index (Phi) is 2.56. The van der Waals surface area contributed by atoms with Crippen LogP contribution in [0.15, 0.2) is 23.3 Å². The van der Waals surface area contributed by atoms with E-state index in [2.05, 4.69) is 67.5 Å². The molecule has 0 amide bonds. The molecule has 0 aliphatic heterocycles. The summed E-state index contributed by atoms with van der Waals surface area (Å²) in [6.07, 6.45) is 0. The Morgan fingerprint density at radius 1 is 0.762 bits per heavy atom. The first-order chi connectivity index (χ1) is 9.50. The number of allylic oxidation sites excluding steroid dienone is 2. The SMILES string of the molecule is CC1=C(C)[C@]2(C)c3cc(C)c(C)cc3[C@@]1(C)C(=O)C2(C)C. The highest BCUT2D eigenvalue weighted by Crippen LogP contribution is 2.64. The first kappa shape index (κ1) is 14.6. The summed E-state index contributed by atoms with van der Waals surface area (Å²) in [5, 5.41) is 0. The van der Waals surface area contributed by atoms with Crippen LogP contribution in [-0.2, 0) is 15.6 Å². The zero-order valence-corrected chi connectivity index (χ0v) is 14.6. The van der Waals surface area contributed by atoms with Crippen LogP contribution in [0.4, 0.5) is 0 Å². The monoisotopic (exact) mass is 282 g/mol. The summed E-state index contributed by atoms with van der Waals surface area (Å²) in [6, 6.07) is 4.58. The highest BCUT2D eigenvalue weighted by Gasteiger charge is 2.64. The summed E-state index contributed by atoms with van der Waals surface area (Å²) >= 11 is 0. The summed E-state index contributed by atoms with van der Waals surface area (Å²) in [4.78, 5) is 13.3. The van der Waals surface area contributed by atoms with E-state index in [0.29, 0.717) is 5.78 Å². The van der Waals surface area contributed by atoms with Gasteiger partial charge in [0.25, 0.3) is 0 Å². The number of benzene rings is 1. The van der Waals surface area contributed by atoms with Crippen molar-refractivity contribution in [2.24, 2.45) is 5.41 Å². The summed E-state index contributed by atoms with van der Waals surface area (Å²) in [7, 11) is 0. The van der Waals surface area contributed by atoms with Gasteiger partial charge in [-0.15, -0.1) is 0 Å². The topological polar surface area (TPSA) is 17.1 Å². The van der Waals surface area contributed by atoms with E-state index in [1.165, 1.54) is 33.4 Å². The van der Waals surface area contributed by atoms with Gasteiger partial charge < -0.3 is 0 Å². The Hall–Kier alpha value is -1.37. The van der Waals surface area contributed by atoms with Crippen molar-refractivity contribution in [2.45, 2.75) is 66.2 Å². The predicted molar refractivity (Wildman–Crippen MR) is 87.8 cm³/mol. The summed E-state index contributed by atoms with van der Waals surface area (Å²) < 4.78 is 0. The smallest absolute Gasteiger partial charge is 0.153 e. The molecular formula is C20H26O. The van der Waals surface area contributed by atoms with Crippen molar-refractivity contribution < 1.29 is 4.79 Å². The first-order valence-corrected chi connectivity index (χ1v) is 7.86. The molecule has 1 heteroatoms. The largest absolute Gasteiger partial charge is 0.298 e. The molecule has 1 aromatic rings. The minimum absolute atomic E-state index is 0.195. The van der Waals surface area contributed by atoms with Crippen LogP contribution in [0.25, 0.3) is 0 Å². The van der Waals surface area contributed by atoms with Crippen molar-refractivity contribution in [3.05, 3.63) is 45.5 Å². The van der Waals surface area contributed by atoms with Crippen molar-refractivity contribution in [1.29, 1.82) is 0 Å². The molecule has 0 saturated heterocycles. The number of rotatable bonds is 0. The van der Waals surface area contributed by atoms with Crippen LogP contribution in [0, 0.1) is 19.3 Å². The number of hydrogen-bond donors (Lipinski definition) is 0. The van der Waals surface area contributed by atoms with Gasteiger partial charge in [-0.3, -0.25) is 4.79 Å². The molecule has 0 aromatic heterocycles. The van der Waals surface area contributed by atoms with Crippen LogP contribution in [0.5, 0.6) is 0 Å². The Bertz CT molecular complexity index is 720. The molecule has 0 heterocycles. The number of hydrogen-bond acceptors (Lipinski definition) is 1. The maximum Gasteiger partial charge on any atom is 0.153 e. The number of aryl methyl sites for hydroxylation is 2. The average Bonchev–Trinajstić information content (AvgIpc) is 2.42. The highest BCUT2D eigenvalue weighted by atomic mass is 16.1. The maximum absolute atomic E-state index is 13.3. The molecule has 0 saturated carbocycles. The number of ketones is 1. The standard InChI is InChI=1S/C20H26O/c1-11-9-15-16(10-12(11)2)20(8)14(4)13(3)19(15,7)17(21)18(20,5)6/h9-10H,1-8H3/t19-,20+/m0/s1. The van der Waals surface area contributed by atoms with Gasteiger partial charge in [0, 0.05) is 10.8 Å². The molecule has 3 aliphatic rings. The van der Waals surface area contributed by atoms with Crippen molar-refractivity contribution in [1.82, 2.24) is 0 Å². The third-order valence-electron chi connectivity index (χ3n) is 7.05. The second-order valence-corrected chi connectivity index (χ2v) is 7.94. The van der Waals surface area contributed by atoms with Crippen LogP contribution < -0.4 is 0 Å². The van der Waals surface area contributed by atoms with Crippen molar-refractivity contribution in [3.63, 3.8) is 0 Å². The normalized spacial score (nSPS) is 33.4. The molecule has 2 atom stereocenters. The molecule has 21 heavy (non-hydrogen) atoms. The first-order valence-electron chi connectivity index (χ1n) is 7.86. The fourth-order valence-electron chi connectivity index (χ4n) is 4.75. The molecule has 0 unspecified atom stereocenters. The van der Waals surface area contributed by atoms with E-state index in [9.17, 15) is 4.79 Å². The highest BCUT2D eigenvalue weighted by molar-refractivity contribution is 6.03. The lowest BCUT2D eigenvalue weighted by Crippen LogP contribution is -2.62. The number of Topliss-reactive ketones (excluding diaryl/α,β-unsaturated/α-hetero) is 1. The van der Waals surface area contributed by atoms with Gasteiger partial charge in [-0.1, -0.05) is 44.1 Å². The molecule has 1 aromatic carbocycles. The number of carbonyl (C=O) groups excluding carboxylic acids is 1. The van der Waals surface area contributed by atoms with Gasteiger partial charge in [-0.2, -0.15) is 0 Å². The molecule has 1 nitrogen and oxygen atoms in total. The lowest BCUT2D eigenvalue weighted by molar-refractivity contribution is -0.137. The number of fused-ring (bicyclic) bond motifs is 1. The molecule has 0 spiro atoms. The zero-order valence-electron chi connectivity index (χ0n) is 14.6. The molecule has 2 bridgehead atoms. The predicted octanol–water partition coefficient (Wildman–Crippen LogP) is 4.78. The minimum atomic E-state index is -0.459. The Morgan fingerprint density at radius 2 is 1.24 bits per heavy atom. The van der Waals surface area contributed by atoms with Crippen LogP contribution in [0.2, 0.25) is 0 Å². The lowest BCUT2D eigenvalue weighted by atomic mass is 9.41. The van der Waals surface area contributed by atoms with Crippen LogP contribution >= 0.6 is 0 Å². The summed E-state index contributed by atoms with van der Waals surface area (Å²) in [5.74, 6) is 0.372. The Labute approximate surface area is 128 Å². The second kappa shape index (κ2) is 3.69. The van der Waals surface area contributed by atoms with Gasteiger partial charge in [0.05, 0.1) is 5.41 Å². The summed E-state index contributed by atoms with van der Waals surface area (Å²) in [5.41, 5.74) is 6.82. The molecule has 3 aliphatic carbocycles. The van der Waals surface area contributed by atoms with Gasteiger partial charge in [-0.25, -0.2) is 0 Å². The van der Waals surface area contributed by atoms with E-state index in [4.69, 9.17) is 0 Å². The van der Waals surface area contributed by atoms with Crippen molar-refractivity contribution in [3.8, 4) is 0 Å². The zero-order chi connectivity index (χ0) is 16.0. The van der Waals surface area contributed by atoms with E-state index in [1.54, 1.807) is 0 Å². The van der Waals surface area contributed by atoms with E-state index in [-0.39, 0.29) is 10.8 Å². The van der Waals surface area contributed by atoms with Crippen molar-refractivity contribution >= 4 is 5.78 Å². The summed E-state index contributed by atoms with van der Waals surface area (Å²) in [6.45, 7) is 17.3. The lowest BCUT2D eigenvalue weighted by Gasteiger charge is -2.60. The molecule has 0 radical (unpaired) electrons. The Morgan fingerprint density at radius 3 is 1.76 bits per heavy atom. The van der Waals surface area contributed by atoms with Gasteiger partial charge in [0.15, 0.2) is 5.78 Å². The third kappa shape index (κ3) is 1.27. The van der Waals surface area contributed by atoms with Crippen LogP contribution in [0.3, 0.4) is 0 Å².